The Kier molecular flexibility index (Phi) is 5.89. The summed E-state index contributed by atoms with van der Waals surface area (Å²) in [5.41, 5.74) is 6.08. The van der Waals surface area contributed by atoms with E-state index in [2.05, 4.69) is 65.6 Å². The van der Waals surface area contributed by atoms with Crippen LogP contribution in [0.1, 0.15) is 55.3 Å². The van der Waals surface area contributed by atoms with Gasteiger partial charge in [-0.15, -0.1) is 0 Å². The number of benzene rings is 2. The molecule has 1 aromatic heterocycles. The monoisotopic (exact) mass is 383 g/mol. The third-order valence-corrected chi connectivity index (χ3v) is 6.41. The summed E-state index contributed by atoms with van der Waals surface area (Å²) in [6, 6.07) is 23.3. The van der Waals surface area contributed by atoms with E-state index in [1.165, 1.54) is 42.4 Å². The van der Waals surface area contributed by atoms with Gasteiger partial charge in [-0.05, 0) is 66.0 Å². The number of carbonyl (C=O) groups is 1. The number of carbonyl (C=O) groups excluding carboxylic acids is 1. The van der Waals surface area contributed by atoms with Gasteiger partial charge in [-0.2, -0.15) is 0 Å². The molecule has 1 saturated carbocycles. The molecule has 1 fully saturated rings. The lowest BCUT2D eigenvalue weighted by molar-refractivity contribution is -0.118. The average molecular weight is 384 g/mol. The fraction of sp³-hybridized carbons (Fsp3) is 0.333. The lowest BCUT2D eigenvalue weighted by atomic mass is 9.74. The quantitative estimate of drug-likeness (QED) is 0.468. The molecule has 1 heterocycles. The van der Waals surface area contributed by atoms with E-state index in [9.17, 15) is 4.79 Å². The number of nitrogens with zero attached hydrogens (tertiary/aromatic N) is 1. The van der Waals surface area contributed by atoms with Crippen molar-refractivity contribution in [2.45, 2.75) is 57.3 Å². The number of aryl methyl sites for hydroxylation is 1. The summed E-state index contributed by atoms with van der Waals surface area (Å²) in [7, 11) is 0. The number of Topliss-reactive ketones (excluding diaryl/α,β-unsaturated/α-hetero) is 1. The molecule has 29 heavy (non-hydrogen) atoms. The molecule has 0 N–H and O–H groups in total. The topological polar surface area (TPSA) is 30.0 Å². The van der Waals surface area contributed by atoms with E-state index in [-0.39, 0.29) is 5.41 Å². The zero-order chi connectivity index (χ0) is 20.1. The minimum absolute atomic E-state index is 0.208. The minimum atomic E-state index is 0.208. The molecular weight excluding hydrogens is 354 g/mol. The van der Waals surface area contributed by atoms with Crippen molar-refractivity contribution < 1.29 is 4.79 Å². The van der Waals surface area contributed by atoms with Crippen molar-refractivity contribution in [3.8, 4) is 11.1 Å². The Labute approximate surface area is 174 Å². The van der Waals surface area contributed by atoms with Gasteiger partial charge in [0.05, 0.1) is 0 Å². The van der Waals surface area contributed by atoms with Crippen LogP contribution in [0.2, 0.25) is 0 Å². The van der Waals surface area contributed by atoms with Crippen molar-refractivity contribution >= 4 is 5.78 Å². The first-order chi connectivity index (χ1) is 14.1. The van der Waals surface area contributed by atoms with Gasteiger partial charge >= 0.3 is 0 Å². The molecule has 0 unspecified atom stereocenters. The Hall–Kier alpha value is -2.74. The normalized spacial score (nSPS) is 15.3. The highest BCUT2D eigenvalue weighted by Gasteiger charge is 2.35. The summed E-state index contributed by atoms with van der Waals surface area (Å²) >= 11 is 0. The lowest BCUT2D eigenvalue weighted by Crippen LogP contribution is -2.23. The van der Waals surface area contributed by atoms with Crippen LogP contribution in [0.15, 0.2) is 72.9 Å². The summed E-state index contributed by atoms with van der Waals surface area (Å²) in [5.74, 6) is 0.347. The Bertz CT molecular complexity index is 953. The maximum atomic E-state index is 12.7. The summed E-state index contributed by atoms with van der Waals surface area (Å²) < 4.78 is 0. The molecular formula is C27H29NO. The number of aromatic nitrogens is 1. The second-order valence-electron chi connectivity index (χ2n) is 8.45. The lowest BCUT2D eigenvalue weighted by Gasteiger charge is -2.29. The molecule has 0 saturated heterocycles. The maximum absolute atomic E-state index is 12.7. The van der Waals surface area contributed by atoms with Crippen molar-refractivity contribution in [3.63, 3.8) is 0 Å². The standard InChI is InChI=1S/C27H29NO/c1-21-19-24(14-18-28-21)23-11-9-22(10-12-23)20-26(29)13-17-27(15-5-6-16-27)25-7-3-2-4-8-25/h2-4,7-12,14,18-19H,5-6,13,15-17,20H2,1H3. The molecule has 2 aromatic carbocycles. The van der Waals surface area contributed by atoms with Gasteiger partial charge in [0.25, 0.3) is 0 Å². The maximum Gasteiger partial charge on any atom is 0.137 e. The molecule has 0 bridgehead atoms. The molecule has 0 amide bonds. The molecule has 0 radical (unpaired) electrons. The predicted octanol–water partition coefficient (Wildman–Crippen LogP) is 6.46. The second kappa shape index (κ2) is 8.73. The molecule has 3 aromatic rings. The highest BCUT2D eigenvalue weighted by molar-refractivity contribution is 5.81. The molecule has 2 heteroatoms. The molecule has 1 aliphatic carbocycles. The van der Waals surface area contributed by atoms with E-state index < -0.39 is 0 Å². The molecule has 2 nitrogen and oxygen atoms in total. The summed E-state index contributed by atoms with van der Waals surface area (Å²) in [6.45, 7) is 2.00. The van der Waals surface area contributed by atoms with Crippen LogP contribution in [0.5, 0.6) is 0 Å². The van der Waals surface area contributed by atoms with Crippen molar-refractivity contribution in [3.05, 3.63) is 89.7 Å². The molecule has 0 atom stereocenters. The van der Waals surface area contributed by atoms with E-state index in [0.717, 1.165) is 17.7 Å². The first kappa shape index (κ1) is 19.6. The van der Waals surface area contributed by atoms with Gasteiger partial charge in [-0.25, -0.2) is 0 Å². The van der Waals surface area contributed by atoms with Crippen LogP contribution in [0.3, 0.4) is 0 Å². The molecule has 0 aliphatic heterocycles. The zero-order valence-electron chi connectivity index (χ0n) is 17.2. The van der Waals surface area contributed by atoms with Crippen LogP contribution in [-0.4, -0.2) is 10.8 Å². The minimum Gasteiger partial charge on any atom is -0.299 e. The number of pyridine rings is 1. The van der Waals surface area contributed by atoms with Gasteiger partial charge in [0, 0.05) is 24.7 Å². The highest BCUT2D eigenvalue weighted by atomic mass is 16.1. The molecule has 148 valence electrons. The number of hydrogen-bond donors (Lipinski definition) is 0. The molecule has 0 spiro atoms. The first-order valence-electron chi connectivity index (χ1n) is 10.7. The van der Waals surface area contributed by atoms with E-state index in [0.29, 0.717) is 18.6 Å². The average Bonchev–Trinajstić information content (AvgIpc) is 3.24. The van der Waals surface area contributed by atoms with Crippen LogP contribution < -0.4 is 0 Å². The molecule has 4 rings (SSSR count). The van der Waals surface area contributed by atoms with Crippen molar-refractivity contribution in [2.24, 2.45) is 0 Å². The van der Waals surface area contributed by atoms with E-state index in [4.69, 9.17) is 0 Å². The Balaban J connectivity index is 1.38. The third kappa shape index (κ3) is 4.64. The van der Waals surface area contributed by atoms with Crippen LogP contribution in [0.4, 0.5) is 0 Å². The van der Waals surface area contributed by atoms with Gasteiger partial charge in [0.1, 0.15) is 5.78 Å². The number of rotatable bonds is 7. The number of hydrogen-bond acceptors (Lipinski definition) is 2. The second-order valence-corrected chi connectivity index (χ2v) is 8.45. The fourth-order valence-corrected chi connectivity index (χ4v) is 4.76. The zero-order valence-corrected chi connectivity index (χ0v) is 17.2. The predicted molar refractivity (Wildman–Crippen MR) is 119 cm³/mol. The van der Waals surface area contributed by atoms with Gasteiger partial charge in [0.2, 0.25) is 0 Å². The van der Waals surface area contributed by atoms with Crippen LogP contribution in [-0.2, 0) is 16.6 Å². The largest absolute Gasteiger partial charge is 0.299 e. The summed E-state index contributed by atoms with van der Waals surface area (Å²) in [5, 5.41) is 0. The van der Waals surface area contributed by atoms with Gasteiger partial charge in [-0.3, -0.25) is 9.78 Å². The summed E-state index contributed by atoms with van der Waals surface area (Å²) in [4.78, 5) is 17.0. The van der Waals surface area contributed by atoms with E-state index in [1.807, 2.05) is 19.2 Å². The van der Waals surface area contributed by atoms with Crippen molar-refractivity contribution in [2.75, 3.05) is 0 Å². The molecule has 1 aliphatic rings. The highest BCUT2D eigenvalue weighted by Crippen LogP contribution is 2.44. The Morgan fingerprint density at radius 2 is 1.66 bits per heavy atom. The van der Waals surface area contributed by atoms with Gasteiger partial charge < -0.3 is 0 Å². The Morgan fingerprint density at radius 3 is 2.34 bits per heavy atom. The van der Waals surface area contributed by atoms with Gasteiger partial charge in [0.15, 0.2) is 0 Å². The van der Waals surface area contributed by atoms with Crippen molar-refractivity contribution in [1.29, 1.82) is 0 Å². The number of ketones is 1. The third-order valence-electron chi connectivity index (χ3n) is 6.41. The Morgan fingerprint density at radius 1 is 0.931 bits per heavy atom. The van der Waals surface area contributed by atoms with Crippen molar-refractivity contribution in [1.82, 2.24) is 4.98 Å². The SMILES string of the molecule is Cc1cc(-c2ccc(CC(=O)CCC3(c4ccccc4)CCCC3)cc2)ccn1. The van der Waals surface area contributed by atoms with Gasteiger partial charge in [-0.1, -0.05) is 67.4 Å². The first-order valence-corrected chi connectivity index (χ1v) is 10.7. The van der Waals surface area contributed by atoms with Crippen LogP contribution in [0.25, 0.3) is 11.1 Å². The van der Waals surface area contributed by atoms with Crippen LogP contribution in [0, 0.1) is 6.92 Å². The fourth-order valence-electron chi connectivity index (χ4n) is 4.76. The smallest absolute Gasteiger partial charge is 0.137 e. The van der Waals surface area contributed by atoms with E-state index >= 15 is 0 Å². The summed E-state index contributed by atoms with van der Waals surface area (Å²) in [6.07, 6.45) is 8.99. The van der Waals surface area contributed by atoms with Crippen LogP contribution >= 0.6 is 0 Å². The van der Waals surface area contributed by atoms with E-state index in [1.54, 1.807) is 0 Å².